The van der Waals surface area contributed by atoms with Crippen LogP contribution in [0.3, 0.4) is 0 Å². The first kappa shape index (κ1) is 20.0. The van der Waals surface area contributed by atoms with Crippen LogP contribution in [0.1, 0.15) is 12.8 Å². The smallest absolute Gasteiger partial charge is 0.224 e. The molecule has 1 heterocycles. The Morgan fingerprint density at radius 1 is 1.03 bits per heavy atom. The summed E-state index contributed by atoms with van der Waals surface area (Å²) in [6.07, 6.45) is -0.465. The van der Waals surface area contributed by atoms with E-state index in [0.717, 1.165) is 23.5 Å². The van der Waals surface area contributed by atoms with E-state index in [-0.39, 0.29) is 24.1 Å². The van der Waals surface area contributed by atoms with Gasteiger partial charge in [-0.25, -0.2) is 8.78 Å². The second-order valence-corrected chi connectivity index (χ2v) is 6.51. The molecule has 0 fully saturated rings. The minimum Gasteiger partial charge on any atom is -0.328 e. The molecule has 0 unspecified atom stereocenters. The molecule has 1 amide bonds. The van der Waals surface area contributed by atoms with Crippen LogP contribution in [-0.2, 0) is 9.59 Å². The lowest BCUT2D eigenvalue weighted by atomic mass is 10.1. The zero-order valence-electron chi connectivity index (χ0n) is 15.9. The number of anilines is 3. The number of amides is 1. The highest BCUT2D eigenvalue weighted by molar-refractivity contribution is 6.04. The Morgan fingerprint density at radius 2 is 1.66 bits per heavy atom. The van der Waals surface area contributed by atoms with Gasteiger partial charge in [-0.2, -0.15) is 5.26 Å². The van der Waals surface area contributed by atoms with Gasteiger partial charge in [-0.1, -0.05) is 12.1 Å². The van der Waals surface area contributed by atoms with Crippen LogP contribution in [-0.4, -0.2) is 25.8 Å². The predicted octanol–water partition coefficient (Wildman–Crippen LogP) is 3.57. The number of rotatable bonds is 5. The van der Waals surface area contributed by atoms with Crippen molar-refractivity contribution in [3.63, 3.8) is 0 Å². The Kier molecular flexibility index (Phi) is 5.59. The van der Waals surface area contributed by atoms with Crippen molar-refractivity contribution in [3.05, 3.63) is 65.5 Å². The number of carbonyl (C=O) groups excluding carboxylic acids is 2. The lowest BCUT2D eigenvalue weighted by molar-refractivity contribution is -0.120. The molecule has 0 aliphatic carbocycles. The van der Waals surface area contributed by atoms with E-state index in [0.29, 0.717) is 11.9 Å². The van der Waals surface area contributed by atoms with Gasteiger partial charge in [-0.05, 0) is 24.3 Å². The van der Waals surface area contributed by atoms with Gasteiger partial charge in [0.15, 0.2) is 5.78 Å². The Balaban J connectivity index is 1.72. The topological polar surface area (TPSA) is 76.4 Å². The van der Waals surface area contributed by atoms with Crippen molar-refractivity contribution in [1.29, 1.82) is 5.26 Å². The van der Waals surface area contributed by atoms with E-state index < -0.39 is 23.3 Å². The molecule has 0 atom stereocenters. The maximum Gasteiger partial charge on any atom is 0.224 e. The van der Waals surface area contributed by atoms with Gasteiger partial charge < -0.3 is 15.1 Å². The molecule has 2 aromatic rings. The van der Waals surface area contributed by atoms with E-state index in [4.69, 9.17) is 0 Å². The molecule has 0 bridgehead atoms. The van der Waals surface area contributed by atoms with Crippen molar-refractivity contribution in [2.45, 2.75) is 12.8 Å². The zero-order valence-corrected chi connectivity index (χ0v) is 15.9. The average Bonchev–Trinajstić information content (AvgIpc) is 2.95. The summed E-state index contributed by atoms with van der Waals surface area (Å²) < 4.78 is 26.6. The molecule has 1 aliphatic heterocycles. The quantitative estimate of drug-likeness (QED) is 0.618. The maximum atomic E-state index is 13.6. The van der Waals surface area contributed by atoms with Gasteiger partial charge in [0.1, 0.15) is 29.1 Å². The molecule has 0 saturated heterocycles. The van der Waals surface area contributed by atoms with Crippen LogP contribution in [0, 0.1) is 23.0 Å². The molecule has 0 spiro atoms. The van der Waals surface area contributed by atoms with Gasteiger partial charge in [0, 0.05) is 33.0 Å². The van der Waals surface area contributed by atoms with E-state index in [1.165, 1.54) is 0 Å². The molecule has 0 radical (unpaired) electrons. The van der Waals surface area contributed by atoms with Crippen LogP contribution in [0.5, 0.6) is 0 Å². The molecular formula is C21H18F2N4O2. The van der Waals surface area contributed by atoms with Crippen molar-refractivity contribution in [1.82, 2.24) is 0 Å². The van der Waals surface area contributed by atoms with E-state index in [9.17, 15) is 23.6 Å². The first-order valence-electron chi connectivity index (χ1n) is 8.82. The molecule has 29 heavy (non-hydrogen) atoms. The van der Waals surface area contributed by atoms with Crippen molar-refractivity contribution < 1.29 is 18.4 Å². The molecule has 0 aromatic heterocycles. The number of allylic oxidation sites excluding steroid dienone is 1. The molecule has 3 rings (SSSR count). The monoisotopic (exact) mass is 396 g/mol. The predicted molar refractivity (Wildman–Crippen MR) is 105 cm³/mol. The van der Waals surface area contributed by atoms with Crippen LogP contribution < -0.4 is 15.1 Å². The maximum absolute atomic E-state index is 13.6. The minimum absolute atomic E-state index is 0.0630. The molecule has 6 nitrogen and oxygen atoms in total. The van der Waals surface area contributed by atoms with Crippen molar-refractivity contribution in [2.24, 2.45) is 0 Å². The third-order valence-electron chi connectivity index (χ3n) is 4.64. The van der Waals surface area contributed by atoms with E-state index in [2.05, 4.69) is 5.32 Å². The third kappa shape index (κ3) is 3.94. The Labute approximate surface area is 166 Å². The number of Topliss-reactive ketones (excluding diaryl/α,β-unsaturated/α-hetero) is 1. The number of carbonyl (C=O) groups is 2. The lowest BCUT2D eigenvalue weighted by Gasteiger charge is -2.19. The molecular weight excluding hydrogens is 378 g/mol. The first-order valence-corrected chi connectivity index (χ1v) is 8.82. The fourth-order valence-electron chi connectivity index (χ4n) is 3.21. The first-order chi connectivity index (χ1) is 13.8. The number of nitrogens with zero attached hydrogens (tertiary/aromatic N) is 3. The van der Waals surface area contributed by atoms with Gasteiger partial charge in [0.25, 0.3) is 0 Å². The summed E-state index contributed by atoms with van der Waals surface area (Å²) in [5.41, 5.74) is 1.48. The summed E-state index contributed by atoms with van der Waals surface area (Å²) in [5.74, 6) is -2.33. The van der Waals surface area contributed by atoms with Crippen LogP contribution in [0.4, 0.5) is 25.8 Å². The molecule has 8 heteroatoms. The van der Waals surface area contributed by atoms with Gasteiger partial charge >= 0.3 is 0 Å². The Hall–Kier alpha value is -3.73. The van der Waals surface area contributed by atoms with E-state index >= 15 is 0 Å². The van der Waals surface area contributed by atoms with Crippen LogP contribution in [0.15, 0.2) is 53.9 Å². The summed E-state index contributed by atoms with van der Waals surface area (Å²) in [6.45, 7) is 0. The molecule has 1 aliphatic rings. The highest BCUT2D eigenvalue weighted by Gasteiger charge is 2.31. The average molecular weight is 396 g/mol. The SMILES string of the molecule is CN1C(=C(C#N)C(=O)CCC(=O)Nc2ccc(F)cc2F)N(C)c2ccccc21. The molecule has 2 aromatic carbocycles. The summed E-state index contributed by atoms with van der Waals surface area (Å²) in [6, 6.07) is 12.2. The van der Waals surface area contributed by atoms with Crippen molar-refractivity contribution in [2.75, 3.05) is 29.2 Å². The number of nitriles is 1. The zero-order chi connectivity index (χ0) is 21.1. The summed E-state index contributed by atoms with van der Waals surface area (Å²) >= 11 is 0. The molecule has 148 valence electrons. The molecule has 1 N–H and O–H groups in total. The minimum atomic E-state index is -0.906. The number of hydrogen-bond donors (Lipinski definition) is 1. The van der Waals surface area contributed by atoms with Crippen LogP contribution in [0.25, 0.3) is 0 Å². The highest BCUT2D eigenvalue weighted by Crippen LogP contribution is 2.40. The summed E-state index contributed by atoms with van der Waals surface area (Å²) in [5, 5.41) is 11.9. The number of fused-ring (bicyclic) bond motifs is 1. The Bertz CT molecular complexity index is 1030. The Morgan fingerprint density at radius 3 is 2.21 bits per heavy atom. The van der Waals surface area contributed by atoms with E-state index in [1.807, 2.05) is 30.3 Å². The number of benzene rings is 2. The largest absolute Gasteiger partial charge is 0.328 e. The summed E-state index contributed by atoms with van der Waals surface area (Å²) in [7, 11) is 3.51. The van der Waals surface area contributed by atoms with Crippen molar-refractivity contribution >= 4 is 28.8 Å². The van der Waals surface area contributed by atoms with Crippen molar-refractivity contribution in [3.8, 4) is 6.07 Å². The third-order valence-corrected chi connectivity index (χ3v) is 4.64. The van der Waals surface area contributed by atoms with Gasteiger partial charge in [0.05, 0.1) is 17.1 Å². The number of para-hydroxylation sites is 2. The van der Waals surface area contributed by atoms with Gasteiger partial charge in [-0.3, -0.25) is 9.59 Å². The van der Waals surface area contributed by atoms with E-state index in [1.54, 1.807) is 23.9 Å². The number of hydrogen-bond acceptors (Lipinski definition) is 5. The standard InChI is InChI=1S/C21H18F2N4O2/c1-26-17-5-3-4-6-18(17)27(2)21(26)14(12-24)19(28)9-10-20(29)25-16-8-7-13(22)11-15(16)23/h3-8,11H,9-10H2,1-2H3,(H,25,29). The van der Waals surface area contributed by atoms with Gasteiger partial charge in [-0.15, -0.1) is 0 Å². The second kappa shape index (κ2) is 8.10. The van der Waals surface area contributed by atoms with Crippen LogP contribution in [0.2, 0.25) is 0 Å². The number of ketones is 1. The number of halogens is 2. The second-order valence-electron chi connectivity index (χ2n) is 6.51. The molecule has 0 saturated carbocycles. The number of nitrogens with one attached hydrogen (secondary N) is 1. The fraction of sp³-hybridized carbons (Fsp3) is 0.190. The normalized spacial score (nSPS) is 12.4. The highest BCUT2D eigenvalue weighted by atomic mass is 19.1. The van der Waals surface area contributed by atoms with Gasteiger partial charge in [0.2, 0.25) is 5.91 Å². The summed E-state index contributed by atoms with van der Waals surface area (Å²) in [4.78, 5) is 28.2. The van der Waals surface area contributed by atoms with Crippen LogP contribution >= 0.6 is 0 Å². The lowest BCUT2D eigenvalue weighted by Crippen LogP contribution is -2.26. The fourth-order valence-corrected chi connectivity index (χ4v) is 3.21.